The van der Waals surface area contributed by atoms with Gasteiger partial charge in [-0.1, -0.05) is 54.4 Å². The Balaban J connectivity index is 1.51. The van der Waals surface area contributed by atoms with Crippen LogP contribution in [-0.4, -0.2) is 38.0 Å². The van der Waals surface area contributed by atoms with Crippen molar-refractivity contribution < 1.29 is 9.59 Å². The molecule has 2 amide bonds. The summed E-state index contributed by atoms with van der Waals surface area (Å²) >= 11 is 0. The Hall–Kier alpha value is -4.13. The number of amides is 2. The quantitative estimate of drug-likeness (QED) is 0.438. The standard InChI is InChI=1S/C28H29N5O2/c1-18-6-10-21(11-7-18)16-33-26-20(3)15-32(28(35)24-5-4-14-29-24)17-23(26)25(31-33)27(34)30-22-12-8-19(2)9-13-22/h4-14,20,29H,15-17H2,1-3H3,(H,30,34). The lowest BCUT2D eigenvalue weighted by atomic mass is 9.95. The molecule has 2 aromatic heterocycles. The molecule has 3 heterocycles. The van der Waals surface area contributed by atoms with E-state index in [4.69, 9.17) is 5.10 Å². The number of hydrogen-bond acceptors (Lipinski definition) is 3. The van der Waals surface area contributed by atoms with Gasteiger partial charge in [-0.15, -0.1) is 0 Å². The van der Waals surface area contributed by atoms with Crippen LogP contribution in [-0.2, 0) is 13.1 Å². The fourth-order valence-corrected chi connectivity index (χ4v) is 4.68. The highest BCUT2D eigenvalue weighted by atomic mass is 16.2. The zero-order chi connectivity index (χ0) is 24.5. The van der Waals surface area contributed by atoms with Crippen LogP contribution in [0.15, 0.2) is 66.9 Å². The number of aromatic amines is 1. The first-order valence-corrected chi connectivity index (χ1v) is 11.8. The maximum Gasteiger partial charge on any atom is 0.276 e. The molecule has 4 aromatic rings. The van der Waals surface area contributed by atoms with E-state index in [0.29, 0.717) is 36.7 Å². The summed E-state index contributed by atoms with van der Waals surface area (Å²) in [6.07, 6.45) is 1.74. The maximum absolute atomic E-state index is 13.4. The molecule has 0 saturated heterocycles. The number of benzene rings is 2. The van der Waals surface area contributed by atoms with E-state index in [0.717, 1.165) is 22.4 Å². The van der Waals surface area contributed by atoms with Crippen molar-refractivity contribution in [2.75, 3.05) is 11.9 Å². The number of fused-ring (bicyclic) bond motifs is 1. The second-order valence-corrected chi connectivity index (χ2v) is 9.35. The van der Waals surface area contributed by atoms with Crippen LogP contribution >= 0.6 is 0 Å². The largest absolute Gasteiger partial charge is 0.357 e. The van der Waals surface area contributed by atoms with E-state index in [1.54, 1.807) is 17.2 Å². The molecule has 0 bridgehead atoms. The first-order chi connectivity index (χ1) is 16.9. The number of carbonyl (C=O) groups excluding carboxylic acids is 2. The molecule has 5 rings (SSSR count). The Kier molecular flexibility index (Phi) is 5.99. The third-order valence-corrected chi connectivity index (χ3v) is 6.50. The first-order valence-electron chi connectivity index (χ1n) is 11.8. The van der Waals surface area contributed by atoms with Crippen LogP contribution in [0.3, 0.4) is 0 Å². The molecule has 7 heteroatoms. The minimum atomic E-state index is -0.269. The van der Waals surface area contributed by atoms with Gasteiger partial charge in [-0.25, -0.2) is 0 Å². The molecular formula is C28H29N5O2. The predicted octanol–water partition coefficient (Wildman–Crippen LogP) is 4.89. The minimum Gasteiger partial charge on any atom is -0.357 e. The van der Waals surface area contributed by atoms with E-state index >= 15 is 0 Å². The average Bonchev–Trinajstić information content (AvgIpc) is 3.50. The minimum absolute atomic E-state index is 0.0246. The molecule has 0 aliphatic carbocycles. The molecule has 35 heavy (non-hydrogen) atoms. The Morgan fingerprint density at radius 2 is 1.71 bits per heavy atom. The summed E-state index contributed by atoms with van der Waals surface area (Å²) in [7, 11) is 0. The number of rotatable bonds is 5. The first kappa shape index (κ1) is 22.7. The summed E-state index contributed by atoms with van der Waals surface area (Å²) < 4.78 is 1.94. The van der Waals surface area contributed by atoms with Crippen molar-refractivity contribution in [1.82, 2.24) is 19.7 Å². The molecule has 0 saturated carbocycles. The lowest BCUT2D eigenvalue weighted by Gasteiger charge is -2.32. The molecule has 1 unspecified atom stereocenters. The van der Waals surface area contributed by atoms with E-state index in [-0.39, 0.29) is 17.7 Å². The lowest BCUT2D eigenvalue weighted by Crippen LogP contribution is -2.38. The van der Waals surface area contributed by atoms with Gasteiger partial charge in [0, 0.05) is 35.6 Å². The summed E-state index contributed by atoms with van der Waals surface area (Å²) in [5.41, 5.74) is 6.86. The molecule has 0 fully saturated rings. The molecule has 1 aliphatic rings. The summed E-state index contributed by atoms with van der Waals surface area (Å²) in [4.78, 5) is 31.3. The third-order valence-electron chi connectivity index (χ3n) is 6.50. The molecule has 1 atom stereocenters. The number of carbonyl (C=O) groups is 2. The van der Waals surface area contributed by atoms with Crippen molar-refractivity contribution in [2.24, 2.45) is 0 Å². The van der Waals surface area contributed by atoms with Crippen LogP contribution < -0.4 is 5.32 Å². The zero-order valence-corrected chi connectivity index (χ0v) is 20.2. The van der Waals surface area contributed by atoms with Gasteiger partial charge < -0.3 is 15.2 Å². The molecular weight excluding hydrogens is 438 g/mol. The van der Waals surface area contributed by atoms with Gasteiger partial charge in [-0.05, 0) is 43.7 Å². The average molecular weight is 468 g/mol. The fraction of sp³-hybridized carbons (Fsp3) is 0.250. The predicted molar refractivity (Wildman–Crippen MR) is 136 cm³/mol. The van der Waals surface area contributed by atoms with Crippen molar-refractivity contribution in [3.05, 3.63) is 106 Å². The van der Waals surface area contributed by atoms with Crippen molar-refractivity contribution in [1.29, 1.82) is 0 Å². The van der Waals surface area contributed by atoms with Gasteiger partial charge in [0.15, 0.2) is 5.69 Å². The molecule has 2 aromatic carbocycles. The summed E-state index contributed by atoms with van der Waals surface area (Å²) in [5, 5.41) is 7.77. The Morgan fingerprint density at radius 1 is 1.03 bits per heavy atom. The Labute approximate surface area is 204 Å². The number of nitrogens with zero attached hydrogens (tertiary/aromatic N) is 3. The number of H-pyrrole nitrogens is 1. The molecule has 0 spiro atoms. The van der Waals surface area contributed by atoms with Gasteiger partial charge in [0.05, 0.1) is 13.1 Å². The molecule has 0 radical (unpaired) electrons. The van der Waals surface area contributed by atoms with Crippen LogP contribution in [0.25, 0.3) is 0 Å². The van der Waals surface area contributed by atoms with Gasteiger partial charge in [-0.2, -0.15) is 5.10 Å². The van der Waals surface area contributed by atoms with Crippen molar-refractivity contribution >= 4 is 17.5 Å². The van der Waals surface area contributed by atoms with Crippen LogP contribution in [0.2, 0.25) is 0 Å². The Morgan fingerprint density at radius 3 is 2.37 bits per heavy atom. The van der Waals surface area contributed by atoms with Crippen LogP contribution in [0.1, 0.15) is 61.8 Å². The SMILES string of the molecule is Cc1ccc(Cn2nc(C(=O)Nc3ccc(C)cc3)c3c2C(C)CN(C(=O)c2ccc[nH]2)C3)cc1. The van der Waals surface area contributed by atoms with Crippen LogP contribution in [0.4, 0.5) is 5.69 Å². The smallest absolute Gasteiger partial charge is 0.276 e. The molecule has 7 nitrogen and oxygen atoms in total. The summed E-state index contributed by atoms with van der Waals surface area (Å²) in [6.45, 7) is 7.61. The monoisotopic (exact) mass is 467 g/mol. The van der Waals surface area contributed by atoms with E-state index in [2.05, 4.69) is 48.4 Å². The van der Waals surface area contributed by atoms with Gasteiger partial charge in [0.25, 0.3) is 11.8 Å². The van der Waals surface area contributed by atoms with E-state index < -0.39 is 0 Å². The summed E-state index contributed by atoms with van der Waals surface area (Å²) in [6, 6.07) is 19.6. The number of hydrogen-bond donors (Lipinski definition) is 2. The van der Waals surface area contributed by atoms with Crippen LogP contribution in [0, 0.1) is 13.8 Å². The zero-order valence-electron chi connectivity index (χ0n) is 20.2. The van der Waals surface area contributed by atoms with Crippen molar-refractivity contribution in [3.63, 3.8) is 0 Å². The second-order valence-electron chi connectivity index (χ2n) is 9.35. The van der Waals surface area contributed by atoms with E-state index in [1.807, 2.05) is 41.9 Å². The van der Waals surface area contributed by atoms with E-state index in [9.17, 15) is 9.59 Å². The molecule has 2 N–H and O–H groups in total. The number of aromatic nitrogens is 3. The van der Waals surface area contributed by atoms with Gasteiger partial charge in [-0.3, -0.25) is 14.3 Å². The highest BCUT2D eigenvalue weighted by molar-refractivity contribution is 6.04. The normalized spacial score (nSPS) is 15.1. The number of aryl methyl sites for hydroxylation is 2. The highest BCUT2D eigenvalue weighted by Gasteiger charge is 2.34. The molecule has 178 valence electrons. The van der Waals surface area contributed by atoms with Crippen molar-refractivity contribution in [2.45, 2.75) is 39.8 Å². The number of nitrogens with one attached hydrogen (secondary N) is 2. The van der Waals surface area contributed by atoms with Crippen LogP contribution in [0.5, 0.6) is 0 Å². The van der Waals surface area contributed by atoms with Gasteiger partial charge in [0.1, 0.15) is 5.69 Å². The van der Waals surface area contributed by atoms with Crippen molar-refractivity contribution in [3.8, 4) is 0 Å². The molecule has 1 aliphatic heterocycles. The Bertz CT molecular complexity index is 1350. The van der Waals surface area contributed by atoms with Gasteiger partial charge >= 0.3 is 0 Å². The second kappa shape index (κ2) is 9.25. The lowest BCUT2D eigenvalue weighted by molar-refractivity contribution is 0.0711. The number of anilines is 1. The highest BCUT2D eigenvalue weighted by Crippen LogP contribution is 2.32. The summed E-state index contributed by atoms with van der Waals surface area (Å²) in [5.74, 6) is -0.325. The maximum atomic E-state index is 13.4. The topological polar surface area (TPSA) is 83.0 Å². The fourth-order valence-electron chi connectivity index (χ4n) is 4.68. The van der Waals surface area contributed by atoms with Gasteiger partial charge in [0.2, 0.25) is 0 Å². The third kappa shape index (κ3) is 4.62. The van der Waals surface area contributed by atoms with E-state index in [1.165, 1.54) is 5.56 Å².